The average molecular weight is 307 g/mol. The van der Waals surface area contributed by atoms with Crippen LogP contribution in [0, 0.1) is 5.82 Å². The number of hydrogen-bond acceptors (Lipinski definition) is 2. The highest BCUT2D eigenvalue weighted by Gasteiger charge is 2.09. The molecule has 0 atom stereocenters. The van der Waals surface area contributed by atoms with Crippen LogP contribution in [0.5, 0.6) is 0 Å². The Hall–Kier alpha value is -2.07. The highest BCUT2D eigenvalue weighted by Crippen LogP contribution is 2.19. The van der Waals surface area contributed by atoms with E-state index in [0.29, 0.717) is 18.1 Å². The number of hydrogen-bond donors (Lipinski definition) is 1. The average Bonchev–Trinajstić information content (AvgIpc) is 2.46. The zero-order chi connectivity index (χ0) is 15.2. The van der Waals surface area contributed by atoms with Gasteiger partial charge < -0.3 is 10.6 Å². The number of carbonyl (C=O) groups excluding carboxylic acids is 1. The summed E-state index contributed by atoms with van der Waals surface area (Å²) >= 11 is 5.87. The predicted molar refractivity (Wildman–Crippen MR) is 82.7 cm³/mol. The van der Waals surface area contributed by atoms with Crippen molar-refractivity contribution in [1.29, 1.82) is 0 Å². The first-order valence-corrected chi connectivity index (χ1v) is 6.95. The molecule has 5 heteroatoms. The Morgan fingerprint density at radius 2 is 1.71 bits per heavy atom. The minimum Gasteiger partial charge on any atom is -0.370 e. The van der Waals surface area contributed by atoms with Gasteiger partial charge in [-0.3, -0.25) is 4.79 Å². The maximum Gasteiger partial charge on any atom is 0.219 e. The van der Waals surface area contributed by atoms with Gasteiger partial charge in [-0.15, -0.1) is 0 Å². The third-order valence-electron chi connectivity index (χ3n) is 3.11. The second kappa shape index (κ2) is 7.09. The van der Waals surface area contributed by atoms with Crippen LogP contribution >= 0.6 is 11.6 Å². The fourth-order valence-corrected chi connectivity index (χ4v) is 2.13. The van der Waals surface area contributed by atoms with E-state index in [1.54, 1.807) is 12.1 Å². The lowest BCUT2D eigenvalue weighted by atomic mass is 10.2. The number of anilines is 1. The molecule has 2 N–H and O–H groups in total. The Morgan fingerprint density at radius 3 is 2.29 bits per heavy atom. The van der Waals surface area contributed by atoms with Gasteiger partial charge in [-0.25, -0.2) is 4.39 Å². The van der Waals surface area contributed by atoms with Gasteiger partial charge in [0.2, 0.25) is 5.91 Å². The van der Waals surface area contributed by atoms with Gasteiger partial charge >= 0.3 is 0 Å². The summed E-state index contributed by atoms with van der Waals surface area (Å²) < 4.78 is 13.0. The fourth-order valence-electron chi connectivity index (χ4n) is 2.01. The third kappa shape index (κ3) is 4.76. The Labute approximate surface area is 128 Å². The van der Waals surface area contributed by atoms with Crippen LogP contribution in [0.1, 0.15) is 12.0 Å². The Kier molecular flexibility index (Phi) is 5.17. The number of primary amides is 1. The quantitative estimate of drug-likeness (QED) is 0.889. The molecular formula is C16H16ClFN2O. The number of nitrogens with two attached hydrogens (primary N) is 1. The van der Waals surface area contributed by atoms with Crippen LogP contribution in [-0.2, 0) is 11.3 Å². The van der Waals surface area contributed by atoms with Gasteiger partial charge in [-0.2, -0.15) is 0 Å². The van der Waals surface area contributed by atoms with E-state index in [2.05, 4.69) is 0 Å². The minimum atomic E-state index is -0.363. The molecule has 2 aromatic carbocycles. The zero-order valence-corrected chi connectivity index (χ0v) is 12.2. The normalized spacial score (nSPS) is 10.4. The van der Waals surface area contributed by atoms with Crippen LogP contribution in [0.25, 0.3) is 0 Å². The van der Waals surface area contributed by atoms with Crippen molar-refractivity contribution >= 4 is 23.2 Å². The SMILES string of the molecule is NC(=O)CCN(Cc1ccc(Cl)cc1)c1ccc(F)cc1. The lowest BCUT2D eigenvalue weighted by Gasteiger charge is -2.24. The van der Waals surface area contributed by atoms with Gasteiger partial charge in [0.25, 0.3) is 0 Å². The first-order chi connectivity index (χ1) is 10.0. The summed E-state index contributed by atoms with van der Waals surface area (Å²) in [6.45, 7) is 1.07. The van der Waals surface area contributed by atoms with Crippen LogP contribution in [0.3, 0.4) is 0 Å². The number of nitrogens with zero attached hydrogens (tertiary/aromatic N) is 1. The van der Waals surface area contributed by atoms with E-state index < -0.39 is 0 Å². The second-order valence-corrected chi connectivity index (χ2v) is 5.18. The van der Waals surface area contributed by atoms with Gasteiger partial charge in [0.1, 0.15) is 5.82 Å². The van der Waals surface area contributed by atoms with Crippen molar-refractivity contribution in [3.63, 3.8) is 0 Å². The Balaban J connectivity index is 2.16. The van der Waals surface area contributed by atoms with Crippen LogP contribution < -0.4 is 10.6 Å². The van der Waals surface area contributed by atoms with Crippen molar-refractivity contribution in [1.82, 2.24) is 0 Å². The molecule has 0 bridgehead atoms. The molecule has 0 aliphatic carbocycles. The minimum absolute atomic E-state index is 0.241. The summed E-state index contributed by atoms with van der Waals surface area (Å²) in [4.78, 5) is 13.0. The summed E-state index contributed by atoms with van der Waals surface area (Å²) in [6, 6.07) is 13.6. The van der Waals surface area contributed by atoms with Crippen molar-refractivity contribution in [2.45, 2.75) is 13.0 Å². The predicted octanol–water partition coefficient (Wildman–Crippen LogP) is 3.36. The van der Waals surface area contributed by atoms with E-state index in [1.807, 2.05) is 29.2 Å². The Morgan fingerprint density at radius 1 is 1.10 bits per heavy atom. The molecule has 0 spiro atoms. The van der Waals surface area contributed by atoms with E-state index in [-0.39, 0.29) is 18.1 Å². The molecule has 0 aliphatic rings. The number of carbonyl (C=O) groups is 1. The summed E-state index contributed by atoms with van der Waals surface area (Å²) in [5.74, 6) is -0.654. The van der Waals surface area contributed by atoms with Gasteiger partial charge in [-0.05, 0) is 42.0 Å². The molecule has 0 fully saturated rings. The second-order valence-electron chi connectivity index (χ2n) is 4.74. The van der Waals surface area contributed by atoms with Gasteiger partial charge in [0, 0.05) is 30.2 Å². The molecule has 0 saturated carbocycles. The van der Waals surface area contributed by atoms with Crippen molar-refractivity contribution in [2.24, 2.45) is 5.73 Å². The van der Waals surface area contributed by atoms with E-state index in [0.717, 1.165) is 11.3 Å². The number of rotatable bonds is 6. The van der Waals surface area contributed by atoms with Crippen LogP contribution in [0.4, 0.5) is 10.1 Å². The summed E-state index contributed by atoms with van der Waals surface area (Å²) in [7, 11) is 0. The molecule has 0 aliphatic heterocycles. The molecular weight excluding hydrogens is 291 g/mol. The van der Waals surface area contributed by atoms with Crippen molar-refractivity contribution < 1.29 is 9.18 Å². The van der Waals surface area contributed by atoms with Crippen LogP contribution in [0.15, 0.2) is 48.5 Å². The van der Waals surface area contributed by atoms with Crippen molar-refractivity contribution in [2.75, 3.05) is 11.4 Å². The monoisotopic (exact) mass is 306 g/mol. The lowest BCUT2D eigenvalue weighted by Crippen LogP contribution is -2.27. The maximum atomic E-state index is 13.0. The summed E-state index contributed by atoms with van der Waals surface area (Å²) in [6.07, 6.45) is 0.241. The zero-order valence-electron chi connectivity index (χ0n) is 11.4. The molecule has 0 unspecified atom stereocenters. The van der Waals surface area contributed by atoms with Gasteiger partial charge in [0.15, 0.2) is 0 Å². The molecule has 2 aromatic rings. The molecule has 0 radical (unpaired) electrons. The van der Waals surface area contributed by atoms with Crippen LogP contribution in [-0.4, -0.2) is 12.5 Å². The molecule has 110 valence electrons. The topological polar surface area (TPSA) is 46.3 Å². The number of benzene rings is 2. The highest BCUT2D eigenvalue weighted by molar-refractivity contribution is 6.30. The van der Waals surface area contributed by atoms with Crippen molar-refractivity contribution in [3.8, 4) is 0 Å². The van der Waals surface area contributed by atoms with Crippen molar-refractivity contribution in [3.05, 3.63) is 64.9 Å². The first kappa shape index (κ1) is 15.3. The molecule has 1 amide bonds. The van der Waals surface area contributed by atoms with E-state index in [4.69, 9.17) is 17.3 Å². The van der Waals surface area contributed by atoms with E-state index in [1.165, 1.54) is 12.1 Å². The molecule has 0 heterocycles. The molecule has 0 aromatic heterocycles. The largest absolute Gasteiger partial charge is 0.370 e. The standard InChI is InChI=1S/C16H16ClFN2O/c17-13-3-1-12(2-4-13)11-20(10-9-16(19)21)15-7-5-14(18)6-8-15/h1-8H,9-11H2,(H2,19,21). The third-order valence-corrected chi connectivity index (χ3v) is 3.36. The van der Waals surface area contributed by atoms with E-state index >= 15 is 0 Å². The summed E-state index contributed by atoms with van der Waals surface area (Å²) in [5.41, 5.74) is 7.10. The number of amides is 1. The van der Waals surface area contributed by atoms with Gasteiger partial charge in [-0.1, -0.05) is 23.7 Å². The highest BCUT2D eigenvalue weighted by atomic mass is 35.5. The Bertz CT molecular complexity index is 599. The van der Waals surface area contributed by atoms with E-state index in [9.17, 15) is 9.18 Å². The maximum absolute atomic E-state index is 13.0. The van der Waals surface area contributed by atoms with Gasteiger partial charge in [0.05, 0.1) is 0 Å². The summed E-state index contributed by atoms with van der Waals surface area (Å²) in [5, 5.41) is 0.671. The first-order valence-electron chi connectivity index (χ1n) is 6.58. The smallest absolute Gasteiger partial charge is 0.219 e. The van der Waals surface area contributed by atoms with Crippen LogP contribution in [0.2, 0.25) is 5.02 Å². The number of halogens is 2. The molecule has 0 saturated heterocycles. The fraction of sp³-hybridized carbons (Fsp3) is 0.188. The molecule has 3 nitrogen and oxygen atoms in total. The molecule has 21 heavy (non-hydrogen) atoms. The molecule has 2 rings (SSSR count). The lowest BCUT2D eigenvalue weighted by molar-refractivity contribution is -0.117.